The molecule has 5 rings (SSSR count). The van der Waals surface area contributed by atoms with Crippen LogP contribution < -0.4 is 19.7 Å². The lowest BCUT2D eigenvalue weighted by Gasteiger charge is -2.29. The monoisotopic (exact) mass is 492 g/mol. The Labute approximate surface area is 216 Å². The summed E-state index contributed by atoms with van der Waals surface area (Å²) in [5.74, 6) is 1.01. The number of para-hydroxylation sites is 1. The van der Waals surface area contributed by atoms with Crippen LogP contribution in [0.2, 0.25) is 0 Å². The first-order valence-corrected chi connectivity index (χ1v) is 12.3. The first-order valence-electron chi connectivity index (χ1n) is 12.3. The summed E-state index contributed by atoms with van der Waals surface area (Å²) in [7, 11) is 0. The molecule has 1 N–H and O–H groups in total. The van der Waals surface area contributed by atoms with E-state index in [4.69, 9.17) is 9.47 Å². The van der Waals surface area contributed by atoms with Crippen molar-refractivity contribution >= 4 is 23.2 Å². The van der Waals surface area contributed by atoms with Crippen molar-refractivity contribution in [2.45, 2.75) is 12.3 Å². The van der Waals surface area contributed by atoms with Crippen molar-refractivity contribution in [3.8, 4) is 11.5 Å². The number of carbonyl (C=O) groups excluding carboxylic acids is 2. The van der Waals surface area contributed by atoms with Crippen molar-refractivity contribution in [3.63, 3.8) is 0 Å². The zero-order chi connectivity index (χ0) is 25.5. The quantitative estimate of drug-likeness (QED) is 0.328. The number of ether oxygens (including phenoxy) is 2. The van der Waals surface area contributed by atoms with Gasteiger partial charge in [-0.15, -0.1) is 0 Å². The van der Waals surface area contributed by atoms with Crippen molar-refractivity contribution in [2.75, 3.05) is 30.0 Å². The second-order valence-electron chi connectivity index (χ2n) is 8.80. The number of anilines is 2. The van der Waals surface area contributed by atoms with E-state index in [-0.39, 0.29) is 30.8 Å². The van der Waals surface area contributed by atoms with E-state index in [0.717, 1.165) is 16.9 Å². The fraction of sp³-hybridized carbons (Fsp3) is 0.161. The smallest absolute Gasteiger partial charge is 0.265 e. The number of amides is 2. The Balaban J connectivity index is 1.29. The Morgan fingerprint density at radius 1 is 0.865 bits per heavy atom. The molecule has 0 atom stereocenters. The van der Waals surface area contributed by atoms with E-state index in [1.807, 2.05) is 91.0 Å². The van der Waals surface area contributed by atoms with Crippen LogP contribution in [0, 0.1) is 0 Å². The molecule has 6 nitrogen and oxygen atoms in total. The summed E-state index contributed by atoms with van der Waals surface area (Å²) in [5.41, 5.74) is 3.39. The summed E-state index contributed by atoms with van der Waals surface area (Å²) in [6.45, 7) is 0.674. The van der Waals surface area contributed by atoms with Crippen molar-refractivity contribution in [2.24, 2.45) is 0 Å². The second kappa shape index (κ2) is 11.4. The molecule has 37 heavy (non-hydrogen) atoms. The van der Waals surface area contributed by atoms with Gasteiger partial charge in [-0.1, -0.05) is 78.9 Å². The van der Waals surface area contributed by atoms with Gasteiger partial charge in [0.25, 0.3) is 5.91 Å². The number of rotatable bonds is 9. The maximum atomic E-state index is 13.2. The molecule has 1 aliphatic rings. The van der Waals surface area contributed by atoms with Gasteiger partial charge in [0.05, 0.1) is 12.2 Å². The molecular formula is C31H28N2O4. The molecule has 0 aliphatic carbocycles. The van der Waals surface area contributed by atoms with E-state index >= 15 is 0 Å². The standard InChI is InChI=1S/C31H28N2O4/c34-30(21-27(23-10-4-1-5-11-23)24-12-6-2-7-13-24)32-25-16-17-29-28(20-25)33(31(35)22-37-29)18-19-36-26-14-8-3-9-15-26/h1-17,20,27H,18-19,21-22H2,(H,32,34). The predicted molar refractivity (Wildman–Crippen MR) is 144 cm³/mol. The van der Waals surface area contributed by atoms with Crippen molar-refractivity contribution in [3.05, 3.63) is 120 Å². The highest BCUT2D eigenvalue weighted by Gasteiger charge is 2.26. The van der Waals surface area contributed by atoms with Gasteiger partial charge in [0.2, 0.25) is 5.91 Å². The van der Waals surface area contributed by atoms with Gasteiger partial charge in [0.1, 0.15) is 18.1 Å². The Hall–Kier alpha value is -4.58. The van der Waals surface area contributed by atoms with Gasteiger partial charge in [-0.05, 0) is 41.5 Å². The number of fused-ring (bicyclic) bond motifs is 1. The van der Waals surface area contributed by atoms with Crippen LogP contribution in [0.25, 0.3) is 0 Å². The average molecular weight is 493 g/mol. The molecule has 0 saturated heterocycles. The van der Waals surface area contributed by atoms with Crippen molar-refractivity contribution in [1.29, 1.82) is 0 Å². The van der Waals surface area contributed by atoms with E-state index in [1.54, 1.807) is 23.1 Å². The number of hydrogen-bond acceptors (Lipinski definition) is 4. The van der Waals surface area contributed by atoms with Crippen LogP contribution in [0.15, 0.2) is 109 Å². The van der Waals surface area contributed by atoms with Gasteiger partial charge in [-0.3, -0.25) is 9.59 Å². The third kappa shape index (κ3) is 5.98. The molecule has 0 unspecified atom stereocenters. The predicted octanol–water partition coefficient (Wildman–Crippen LogP) is 5.65. The van der Waals surface area contributed by atoms with E-state index in [0.29, 0.717) is 30.3 Å². The fourth-order valence-corrected chi connectivity index (χ4v) is 4.49. The summed E-state index contributed by atoms with van der Waals surface area (Å²) >= 11 is 0. The number of nitrogens with one attached hydrogen (secondary N) is 1. The van der Waals surface area contributed by atoms with Gasteiger partial charge in [0, 0.05) is 18.0 Å². The van der Waals surface area contributed by atoms with Crippen LogP contribution in [0.4, 0.5) is 11.4 Å². The van der Waals surface area contributed by atoms with Crippen LogP contribution >= 0.6 is 0 Å². The van der Waals surface area contributed by atoms with Crippen LogP contribution in [0.3, 0.4) is 0 Å². The average Bonchev–Trinajstić information content (AvgIpc) is 2.94. The minimum Gasteiger partial charge on any atom is -0.492 e. The molecule has 186 valence electrons. The third-order valence-electron chi connectivity index (χ3n) is 6.31. The lowest BCUT2D eigenvalue weighted by molar-refractivity contribution is -0.121. The van der Waals surface area contributed by atoms with Crippen molar-refractivity contribution in [1.82, 2.24) is 0 Å². The molecule has 6 heteroatoms. The Bertz CT molecular complexity index is 1300. The number of nitrogens with zero attached hydrogens (tertiary/aromatic N) is 1. The van der Waals surface area contributed by atoms with E-state index < -0.39 is 0 Å². The zero-order valence-electron chi connectivity index (χ0n) is 20.4. The first kappa shape index (κ1) is 24.1. The summed E-state index contributed by atoms with van der Waals surface area (Å²) in [5, 5.41) is 3.02. The minimum absolute atomic E-state index is 0.0279. The highest BCUT2D eigenvalue weighted by molar-refractivity contribution is 5.99. The van der Waals surface area contributed by atoms with Gasteiger partial charge in [-0.25, -0.2) is 0 Å². The Kier molecular flexibility index (Phi) is 7.46. The Morgan fingerprint density at radius 3 is 2.14 bits per heavy atom. The van der Waals surface area contributed by atoms with Crippen LogP contribution in [-0.2, 0) is 9.59 Å². The molecule has 4 aromatic carbocycles. The van der Waals surface area contributed by atoms with Crippen LogP contribution in [-0.4, -0.2) is 31.6 Å². The molecule has 1 heterocycles. The van der Waals surface area contributed by atoms with Crippen molar-refractivity contribution < 1.29 is 19.1 Å². The molecule has 0 aromatic heterocycles. The molecule has 0 saturated carbocycles. The molecule has 4 aromatic rings. The van der Waals surface area contributed by atoms with Gasteiger partial charge in [-0.2, -0.15) is 0 Å². The number of carbonyl (C=O) groups is 2. The zero-order valence-corrected chi connectivity index (χ0v) is 20.4. The van der Waals surface area contributed by atoms with Gasteiger partial charge in [0.15, 0.2) is 6.61 Å². The number of benzene rings is 4. The molecule has 1 aliphatic heterocycles. The Morgan fingerprint density at radius 2 is 1.49 bits per heavy atom. The highest BCUT2D eigenvalue weighted by Crippen LogP contribution is 2.35. The van der Waals surface area contributed by atoms with Gasteiger partial charge < -0.3 is 19.7 Å². The normalized spacial score (nSPS) is 12.6. The van der Waals surface area contributed by atoms with E-state index in [2.05, 4.69) is 5.32 Å². The molecule has 2 amide bonds. The molecule has 0 fully saturated rings. The summed E-state index contributed by atoms with van der Waals surface area (Å²) in [6.07, 6.45) is 0.287. The summed E-state index contributed by atoms with van der Waals surface area (Å²) in [4.78, 5) is 27.5. The molecular weight excluding hydrogens is 464 g/mol. The van der Waals surface area contributed by atoms with Gasteiger partial charge >= 0.3 is 0 Å². The van der Waals surface area contributed by atoms with E-state index in [1.165, 1.54) is 0 Å². The molecule has 0 radical (unpaired) electrons. The largest absolute Gasteiger partial charge is 0.492 e. The topological polar surface area (TPSA) is 67.9 Å². The summed E-state index contributed by atoms with van der Waals surface area (Å²) < 4.78 is 11.4. The summed E-state index contributed by atoms with van der Waals surface area (Å²) in [6, 6.07) is 34.9. The lowest BCUT2D eigenvalue weighted by Crippen LogP contribution is -2.41. The molecule has 0 bridgehead atoms. The lowest BCUT2D eigenvalue weighted by atomic mass is 9.88. The second-order valence-corrected chi connectivity index (χ2v) is 8.80. The van der Waals surface area contributed by atoms with Crippen LogP contribution in [0.1, 0.15) is 23.5 Å². The maximum absolute atomic E-state index is 13.2. The fourth-order valence-electron chi connectivity index (χ4n) is 4.49. The minimum atomic E-state index is -0.152. The molecule has 0 spiro atoms. The van der Waals surface area contributed by atoms with E-state index in [9.17, 15) is 9.59 Å². The highest BCUT2D eigenvalue weighted by atomic mass is 16.5. The first-order chi connectivity index (χ1) is 18.2. The SMILES string of the molecule is O=C(CC(c1ccccc1)c1ccccc1)Nc1ccc2c(c1)N(CCOc1ccccc1)C(=O)CO2. The third-order valence-corrected chi connectivity index (χ3v) is 6.31. The van der Waals surface area contributed by atoms with Crippen LogP contribution in [0.5, 0.6) is 11.5 Å². The number of hydrogen-bond donors (Lipinski definition) is 1. The maximum Gasteiger partial charge on any atom is 0.265 e.